The van der Waals surface area contributed by atoms with Crippen molar-refractivity contribution in [2.24, 2.45) is 11.8 Å². The van der Waals surface area contributed by atoms with E-state index in [1.54, 1.807) is 42.7 Å². The van der Waals surface area contributed by atoms with Gasteiger partial charge < -0.3 is 65.9 Å². The molecule has 4 N–H and O–H groups in total. The third-order valence-corrected chi connectivity index (χ3v) is 16.7. The van der Waals surface area contributed by atoms with E-state index in [1.807, 2.05) is 9.80 Å². The molecule has 0 rings (SSSR count). The van der Waals surface area contributed by atoms with E-state index in [4.69, 9.17) is 45.5 Å². The summed E-state index contributed by atoms with van der Waals surface area (Å²) in [5.74, 6) is 0.911. The van der Waals surface area contributed by atoms with E-state index >= 15 is 0 Å². The Balaban J connectivity index is 5.73. The predicted octanol–water partition coefficient (Wildman–Crippen LogP) is 4.07. The molecule has 6 atom stereocenters. The molecule has 0 aromatic rings. The Morgan fingerprint density at radius 3 is 0.983 bits per heavy atom. The number of unbranched alkanes of at least 4 members (excludes halogenated alkanes) is 2. The fraction of sp³-hybridized carbons (Fsp3) is 1.00. The van der Waals surface area contributed by atoms with E-state index in [2.05, 4.69) is 27.7 Å². The van der Waals surface area contributed by atoms with E-state index in [0.717, 1.165) is 51.4 Å². The lowest BCUT2D eigenvalue weighted by molar-refractivity contribution is -0.0287. The highest BCUT2D eigenvalue weighted by Gasteiger charge is 2.37. The lowest BCUT2D eigenvalue weighted by atomic mass is 10.0. The molecule has 0 aliphatic carbocycles. The highest BCUT2D eigenvalue weighted by Crippen LogP contribution is 2.17. The fourth-order valence-corrected chi connectivity index (χ4v) is 10.4. The first kappa shape index (κ1) is 59.8. The SMILES string of the molecule is CCCCC(CC)COCC(O)CN(CCN(CC(O)COCCC[Si](OC)(OC)OC)CC(O)COCC(CC)CCCC)CC(O)COCCC[Si](OC)(OC)OC. The van der Waals surface area contributed by atoms with Crippen molar-refractivity contribution in [1.82, 2.24) is 9.80 Å². The third-order valence-electron chi connectivity index (χ3n) is 11.1. The van der Waals surface area contributed by atoms with Crippen molar-refractivity contribution >= 4 is 17.6 Å². The molecule has 0 aliphatic rings. The predicted molar refractivity (Wildman–Crippen MR) is 239 cm³/mol. The van der Waals surface area contributed by atoms with Gasteiger partial charge in [-0.25, -0.2) is 0 Å². The van der Waals surface area contributed by atoms with Crippen LogP contribution < -0.4 is 0 Å². The second-order valence-electron chi connectivity index (χ2n) is 16.0. The van der Waals surface area contributed by atoms with Crippen molar-refractivity contribution in [3.05, 3.63) is 0 Å². The van der Waals surface area contributed by atoms with E-state index < -0.39 is 42.0 Å². The number of ether oxygens (including phenoxy) is 4. The van der Waals surface area contributed by atoms with E-state index in [0.29, 0.717) is 76.3 Å². The van der Waals surface area contributed by atoms with Gasteiger partial charge in [0.15, 0.2) is 0 Å². The lowest BCUT2D eigenvalue weighted by Gasteiger charge is -2.32. The van der Waals surface area contributed by atoms with Gasteiger partial charge in [0.2, 0.25) is 0 Å². The molecule has 0 heterocycles. The Kier molecular flexibility index (Phi) is 38.0. The van der Waals surface area contributed by atoms with Crippen molar-refractivity contribution in [1.29, 1.82) is 0 Å². The van der Waals surface area contributed by atoms with Gasteiger partial charge in [-0.3, -0.25) is 9.80 Å². The van der Waals surface area contributed by atoms with Gasteiger partial charge in [0.05, 0.1) is 50.8 Å². The number of aliphatic hydroxyl groups excluding tert-OH is 4. The van der Waals surface area contributed by atoms with Crippen LogP contribution in [-0.4, -0.2) is 207 Å². The molecule has 0 fully saturated rings. The molecule has 0 spiro atoms. The smallest absolute Gasteiger partial charge is 0.389 e. The number of nitrogens with zero attached hydrogens (tertiary/aromatic N) is 2. The third kappa shape index (κ3) is 28.6. The van der Waals surface area contributed by atoms with Crippen LogP contribution in [0.2, 0.25) is 12.1 Å². The summed E-state index contributed by atoms with van der Waals surface area (Å²) >= 11 is 0. The molecule has 6 unspecified atom stereocenters. The summed E-state index contributed by atoms with van der Waals surface area (Å²) < 4.78 is 56.7. The normalized spacial score (nSPS) is 15.8. The summed E-state index contributed by atoms with van der Waals surface area (Å²) in [6.07, 6.45) is 6.93. The van der Waals surface area contributed by atoms with E-state index in [-0.39, 0.29) is 52.6 Å². The molecule has 0 radical (unpaired) electrons. The minimum Gasteiger partial charge on any atom is -0.389 e. The van der Waals surface area contributed by atoms with Crippen LogP contribution in [-0.2, 0) is 45.5 Å². The van der Waals surface area contributed by atoms with Crippen LogP contribution in [0.25, 0.3) is 0 Å². The number of rotatable bonds is 45. The first-order valence-corrected chi connectivity index (χ1v) is 26.5. The Labute approximate surface area is 367 Å². The number of hydrogen-bond donors (Lipinski definition) is 4. The van der Waals surface area contributed by atoms with Crippen molar-refractivity contribution in [2.75, 3.05) is 135 Å². The maximum atomic E-state index is 11.1. The van der Waals surface area contributed by atoms with Crippen LogP contribution >= 0.6 is 0 Å². The molecule has 16 nitrogen and oxygen atoms in total. The minimum absolute atomic E-state index is 0.107. The summed E-state index contributed by atoms with van der Waals surface area (Å²) in [5, 5.41) is 44.5. The lowest BCUT2D eigenvalue weighted by Crippen LogP contribution is -2.47. The molecule has 0 aromatic carbocycles. The Bertz CT molecular complexity index is 859. The summed E-state index contributed by atoms with van der Waals surface area (Å²) in [6.45, 7) is 13.2. The number of aliphatic hydroxyl groups is 4. The van der Waals surface area contributed by atoms with Crippen LogP contribution in [0.4, 0.5) is 0 Å². The highest BCUT2D eigenvalue weighted by molar-refractivity contribution is 6.60. The molecule has 362 valence electrons. The van der Waals surface area contributed by atoms with Gasteiger partial charge in [-0.2, -0.15) is 0 Å². The monoisotopic (exact) mass is 905 g/mol. The van der Waals surface area contributed by atoms with Gasteiger partial charge in [0, 0.05) is 120 Å². The molecule has 18 heteroatoms. The van der Waals surface area contributed by atoms with Crippen molar-refractivity contribution in [3.63, 3.8) is 0 Å². The van der Waals surface area contributed by atoms with E-state index in [9.17, 15) is 20.4 Å². The maximum Gasteiger partial charge on any atom is 0.500 e. The van der Waals surface area contributed by atoms with Crippen LogP contribution in [0.1, 0.15) is 91.9 Å². The number of hydrogen-bond acceptors (Lipinski definition) is 16. The molecule has 60 heavy (non-hydrogen) atoms. The summed E-state index contributed by atoms with van der Waals surface area (Å²) in [7, 11) is 4.04. The Morgan fingerprint density at radius 1 is 0.417 bits per heavy atom. The second-order valence-corrected chi connectivity index (χ2v) is 22.2. The molecule has 0 saturated carbocycles. The summed E-state index contributed by atoms with van der Waals surface area (Å²) in [6, 6.07) is 1.17. The molecular weight excluding hydrogens is 813 g/mol. The van der Waals surface area contributed by atoms with Crippen LogP contribution in [0.5, 0.6) is 0 Å². The van der Waals surface area contributed by atoms with Crippen molar-refractivity contribution in [2.45, 2.75) is 128 Å². The standard InChI is InChI=1S/C42H92N2O14Si2/c1-11-15-19-37(13-3)31-57-35-41(47)29-43(27-39(45)33-55-23-17-25-59(49-5,50-6)51-7)21-22-44(30-42(48)36-58-32-38(14-4)20-16-12-2)28-40(46)34-56-24-18-26-60(52-8,53-9)54-10/h37-42,45-48H,11-36H2,1-10H3. The highest BCUT2D eigenvalue weighted by atomic mass is 28.4. The Hall–Kier alpha value is -0.206. The van der Waals surface area contributed by atoms with Crippen LogP contribution in [0.3, 0.4) is 0 Å². The average molecular weight is 905 g/mol. The topological polar surface area (TPSA) is 180 Å². The van der Waals surface area contributed by atoms with Gasteiger partial charge in [0.1, 0.15) is 0 Å². The van der Waals surface area contributed by atoms with Crippen LogP contribution in [0, 0.1) is 11.8 Å². The summed E-state index contributed by atoms with van der Waals surface area (Å²) in [4.78, 5) is 3.98. The average Bonchev–Trinajstić information content (AvgIpc) is 3.25. The zero-order valence-electron chi connectivity index (χ0n) is 39.6. The first-order chi connectivity index (χ1) is 28.9. The van der Waals surface area contributed by atoms with Gasteiger partial charge in [-0.05, 0) is 37.5 Å². The van der Waals surface area contributed by atoms with Crippen LogP contribution in [0.15, 0.2) is 0 Å². The van der Waals surface area contributed by atoms with Crippen molar-refractivity contribution in [3.8, 4) is 0 Å². The van der Waals surface area contributed by atoms with Crippen molar-refractivity contribution < 1.29 is 65.9 Å². The quantitative estimate of drug-likeness (QED) is 0.0507. The fourth-order valence-electron chi connectivity index (χ4n) is 7.07. The maximum absolute atomic E-state index is 11.1. The molecular formula is C42H92N2O14Si2. The van der Waals surface area contributed by atoms with Gasteiger partial charge in [-0.15, -0.1) is 0 Å². The van der Waals surface area contributed by atoms with Gasteiger partial charge in [0.25, 0.3) is 0 Å². The Morgan fingerprint density at radius 2 is 0.717 bits per heavy atom. The van der Waals surface area contributed by atoms with E-state index in [1.165, 1.54) is 0 Å². The second kappa shape index (κ2) is 38.1. The molecule has 0 bridgehead atoms. The molecule has 0 aliphatic heterocycles. The zero-order valence-corrected chi connectivity index (χ0v) is 41.6. The van der Waals surface area contributed by atoms with Gasteiger partial charge in [-0.1, -0.05) is 66.2 Å². The molecule has 0 aromatic heterocycles. The summed E-state index contributed by atoms with van der Waals surface area (Å²) in [5.41, 5.74) is 0. The molecule has 0 saturated heterocycles. The zero-order chi connectivity index (χ0) is 45.1. The first-order valence-electron chi connectivity index (χ1n) is 22.7. The largest absolute Gasteiger partial charge is 0.500 e. The molecule has 0 amide bonds. The minimum atomic E-state index is -2.71. The van der Waals surface area contributed by atoms with Gasteiger partial charge >= 0.3 is 17.6 Å².